The molecule has 2 N–H and O–H groups in total. The predicted octanol–water partition coefficient (Wildman–Crippen LogP) is 4.20. The zero-order valence-electron chi connectivity index (χ0n) is 21.7. The van der Waals surface area contributed by atoms with Crippen molar-refractivity contribution in [2.24, 2.45) is 5.92 Å². The molecule has 1 spiro atoms. The van der Waals surface area contributed by atoms with E-state index in [9.17, 15) is 10.2 Å². The van der Waals surface area contributed by atoms with Gasteiger partial charge < -0.3 is 14.9 Å². The topological polar surface area (TPSA) is 56.2 Å². The first-order valence-corrected chi connectivity index (χ1v) is 14.1. The van der Waals surface area contributed by atoms with E-state index in [1.807, 2.05) is 6.07 Å². The third kappa shape index (κ3) is 3.25. The Hall–Kier alpha value is -2.08. The second-order valence-electron chi connectivity index (χ2n) is 12.5. The Kier molecular flexibility index (Phi) is 5.26. The fraction of sp³-hybridized carbons (Fsp3) is 0.613. The monoisotopic (exact) mass is 488 g/mol. The van der Waals surface area contributed by atoms with Gasteiger partial charge in [0.1, 0.15) is 6.10 Å². The number of likely N-dealkylation sites (N-methyl/N-ethyl adjacent to an activating group) is 1. The van der Waals surface area contributed by atoms with Crippen LogP contribution in [0.25, 0.3) is 0 Å². The van der Waals surface area contributed by atoms with Crippen LogP contribution in [0, 0.1) is 12.8 Å². The van der Waals surface area contributed by atoms with Crippen molar-refractivity contribution >= 4 is 0 Å². The first-order chi connectivity index (χ1) is 17.4. The standard InChI is InChI=1S/C31H40N2O3/c1-20-5-3-6-21(17-20)7-4-15-32(2)24-12-13-31(35)26-18-23-10-11-25(34)28-27(23)30(31,29(24)36-28)14-16-33(26)19-22-8-9-22/h3,5-6,10-11,17,22,24,26,29,34-35H,4,7-9,12-16,18-19H2,1-2H3/t24?,26-,29?,30+,31-/m1/s1. The van der Waals surface area contributed by atoms with Gasteiger partial charge in [-0.05, 0) is 102 Å². The molecule has 1 saturated heterocycles. The van der Waals surface area contributed by atoms with Gasteiger partial charge in [-0.3, -0.25) is 9.80 Å². The molecular formula is C31H40N2O3. The first-order valence-electron chi connectivity index (χ1n) is 14.1. The Morgan fingerprint density at radius 3 is 2.81 bits per heavy atom. The van der Waals surface area contributed by atoms with Gasteiger partial charge >= 0.3 is 0 Å². The summed E-state index contributed by atoms with van der Waals surface area (Å²) >= 11 is 0. The van der Waals surface area contributed by atoms with E-state index >= 15 is 0 Å². The third-order valence-electron chi connectivity index (χ3n) is 10.4. The maximum absolute atomic E-state index is 12.6. The zero-order chi connectivity index (χ0) is 24.7. The van der Waals surface area contributed by atoms with E-state index in [0.29, 0.717) is 5.75 Å². The third-order valence-corrected chi connectivity index (χ3v) is 10.4. The zero-order valence-corrected chi connectivity index (χ0v) is 21.7. The number of ether oxygens (including phenoxy) is 1. The number of phenols is 1. The van der Waals surface area contributed by atoms with E-state index in [4.69, 9.17) is 4.74 Å². The van der Waals surface area contributed by atoms with Gasteiger partial charge in [0.15, 0.2) is 11.5 Å². The Morgan fingerprint density at radius 1 is 1.14 bits per heavy atom. The van der Waals surface area contributed by atoms with Crippen molar-refractivity contribution in [2.45, 2.75) is 87.5 Å². The molecule has 2 aromatic rings. The lowest BCUT2D eigenvalue weighted by atomic mass is 9.48. The molecule has 3 fully saturated rings. The molecule has 2 aromatic carbocycles. The van der Waals surface area contributed by atoms with Crippen molar-refractivity contribution in [1.82, 2.24) is 9.80 Å². The van der Waals surface area contributed by atoms with E-state index in [-0.39, 0.29) is 23.9 Å². The fourth-order valence-electron chi connectivity index (χ4n) is 8.47. The Balaban J connectivity index is 1.19. The van der Waals surface area contributed by atoms with Gasteiger partial charge in [0.25, 0.3) is 0 Å². The highest BCUT2D eigenvalue weighted by atomic mass is 16.5. The van der Waals surface area contributed by atoms with Crippen LogP contribution in [0.1, 0.15) is 60.8 Å². The van der Waals surface area contributed by atoms with Crippen LogP contribution >= 0.6 is 0 Å². The summed E-state index contributed by atoms with van der Waals surface area (Å²) in [5, 5.41) is 23.5. The smallest absolute Gasteiger partial charge is 0.165 e. The molecule has 192 valence electrons. The van der Waals surface area contributed by atoms with Crippen LogP contribution in [-0.2, 0) is 18.3 Å². The average molecular weight is 489 g/mol. The summed E-state index contributed by atoms with van der Waals surface area (Å²) in [7, 11) is 2.23. The molecule has 5 heteroatoms. The number of hydrogen-bond donors (Lipinski definition) is 2. The van der Waals surface area contributed by atoms with Gasteiger partial charge in [0.2, 0.25) is 0 Å². The van der Waals surface area contributed by atoms with Crippen LogP contribution < -0.4 is 4.74 Å². The molecule has 5 aliphatic rings. The quantitative estimate of drug-likeness (QED) is 0.612. The molecule has 7 rings (SSSR count). The number of benzene rings is 2. The lowest BCUT2D eigenvalue weighted by Crippen LogP contribution is -2.78. The normalized spacial score (nSPS) is 34.5. The number of aryl methyl sites for hydroxylation is 2. The van der Waals surface area contributed by atoms with E-state index in [1.165, 1.54) is 29.5 Å². The maximum atomic E-state index is 12.6. The molecule has 2 aliphatic heterocycles. The van der Waals surface area contributed by atoms with Gasteiger partial charge in [0.05, 0.1) is 11.0 Å². The average Bonchev–Trinajstić information content (AvgIpc) is 3.59. The van der Waals surface area contributed by atoms with Crippen molar-refractivity contribution in [1.29, 1.82) is 0 Å². The molecule has 2 bridgehead atoms. The fourth-order valence-corrected chi connectivity index (χ4v) is 8.47. The van der Waals surface area contributed by atoms with E-state index < -0.39 is 11.0 Å². The number of phenolic OH excluding ortho intramolecular Hbond substituents is 1. The lowest BCUT2D eigenvalue weighted by Gasteiger charge is -2.64. The van der Waals surface area contributed by atoms with Crippen molar-refractivity contribution in [2.75, 3.05) is 26.7 Å². The van der Waals surface area contributed by atoms with Crippen LogP contribution in [0.5, 0.6) is 11.5 Å². The van der Waals surface area contributed by atoms with E-state index in [1.54, 1.807) is 0 Å². The minimum Gasteiger partial charge on any atom is -0.504 e. The Morgan fingerprint density at radius 2 is 2.00 bits per heavy atom. The number of piperidine rings is 1. The minimum atomic E-state index is -0.796. The molecular weight excluding hydrogens is 448 g/mol. The predicted molar refractivity (Wildman–Crippen MR) is 141 cm³/mol. The second kappa shape index (κ2) is 8.21. The molecule has 2 unspecified atom stereocenters. The van der Waals surface area contributed by atoms with Gasteiger partial charge in [-0.1, -0.05) is 35.9 Å². The number of likely N-dealkylation sites (tertiary alicyclic amines) is 1. The Bertz CT molecular complexity index is 1180. The first kappa shape index (κ1) is 23.1. The Labute approximate surface area is 215 Å². The van der Waals surface area contributed by atoms with Crippen molar-refractivity contribution in [3.8, 4) is 11.5 Å². The minimum absolute atomic E-state index is 0.117. The number of hydrogen-bond acceptors (Lipinski definition) is 5. The molecule has 0 radical (unpaired) electrons. The number of aromatic hydroxyl groups is 1. The highest BCUT2D eigenvalue weighted by Crippen LogP contribution is 2.66. The summed E-state index contributed by atoms with van der Waals surface area (Å²) in [5.41, 5.74) is 3.91. The maximum Gasteiger partial charge on any atom is 0.165 e. The van der Waals surface area contributed by atoms with Crippen molar-refractivity contribution in [3.05, 3.63) is 58.7 Å². The van der Waals surface area contributed by atoms with Gasteiger partial charge in [-0.15, -0.1) is 0 Å². The number of aliphatic hydroxyl groups is 1. The highest BCUT2D eigenvalue weighted by Gasteiger charge is 2.73. The summed E-state index contributed by atoms with van der Waals surface area (Å²) in [4.78, 5) is 5.09. The summed E-state index contributed by atoms with van der Waals surface area (Å²) in [6, 6.07) is 13.1. The number of nitrogens with zero attached hydrogens (tertiary/aromatic N) is 2. The van der Waals surface area contributed by atoms with Crippen LogP contribution in [0.4, 0.5) is 0 Å². The largest absolute Gasteiger partial charge is 0.504 e. The summed E-state index contributed by atoms with van der Waals surface area (Å²) in [6.07, 6.45) is 8.24. The summed E-state index contributed by atoms with van der Waals surface area (Å²) < 4.78 is 6.75. The van der Waals surface area contributed by atoms with Crippen LogP contribution in [0.2, 0.25) is 0 Å². The molecule has 3 aliphatic carbocycles. The van der Waals surface area contributed by atoms with Gasteiger partial charge in [-0.2, -0.15) is 0 Å². The van der Waals surface area contributed by atoms with Crippen LogP contribution in [-0.4, -0.2) is 70.5 Å². The molecule has 2 saturated carbocycles. The van der Waals surface area contributed by atoms with Crippen LogP contribution in [0.3, 0.4) is 0 Å². The van der Waals surface area contributed by atoms with Crippen molar-refractivity contribution < 1.29 is 14.9 Å². The van der Waals surface area contributed by atoms with Gasteiger partial charge in [-0.25, -0.2) is 0 Å². The molecule has 2 heterocycles. The van der Waals surface area contributed by atoms with Crippen molar-refractivity contribution in [3.63, 3.8) is 0 Å². The molecule has 5 nitrogen and oxygen atoms in total. The summed E-state index contributed by atoms with van der Waals surface area (Å²) in [6.45, 7) is 5.29. The molecule has 0 amide bonds. The second-order valence-corrected chi connectivity index (χ2v) is 12.5. The SMILES string of the molecule is Cc1cccc(CCCN(C)C2CC[C@@]3(O)[C@H]4Cc5ccc(O)c6c5[C@@]3(CCN4CC3CC3)C2O6)c1. The summed E-state index contributed by atoms with van der Waals surface area (Å²) in [5.74, 6) is 1.70. The van der Waals surface area contributed by atoms with E-state index in [2.05, 4.69) is 54.1 Å². The molecule has 0 aromatic heterocycles. The highest BCUT2D eigenvalue weighted by molar-refractivity contribution is 5.62. The lowest BCUT2D eigenvalue weighted by molar-refractivity contribution is -0.199. The van der Waals surface area contributed by atoms with Gasteiger partial charge in [0, 0.05) is 24.2 Å². The van der Waals surface area contributed by atoms with Crippen LogP contribution in [0.15, 0.2) is 36.4 Å². The molecule has 36 heavy (non-hydrogen) atoms. The number of rotatable bonds is 7. The molecule has 5 atom stereocenters. The van der Waals surface area contributed by atoms with E-state index in [0.717, 1.165) is 69.6 Å².